The van der Waals surface area contributed by atoms with Gasteiger partial charge in [-0.3, -0.25) is 0 Å². The molecule has 0 bridgehead atoms. The highest BCUT2D eigenvalue weighted by Gasteiger charge is 2.31. The van der Waals surface area contributed by atoms with Crippen LogP contribution < -0.4 is 11.1 Å². The van der Waals surface area contributed by atoms with Gasteiger partial charge in [0.2, 0.25) is 0 Å². The number of hydrogen-bond donors (Lipinski definition) is 2. The molecule has 0 atom stereocenters. The first-order valence-electron chi connectivity index (χ1n) is 8.09. The predicted octanol–water partition coefficient (Wildman–Crippen LogP) is 4.35. The molecule has 1 fully saturated rings. The Balaban J connectivity index is 1.79. The maximum absolute atomic E-state index is 5.99. The molecule has 0 aromatic heterocycles. The third-order valence-electron chi connectivity index (χ3n) is 5.38. The Labute approximate surface area is 124 Å². The fraction of sp³-hybridized carbons (Fsp3) is 0.667. The van der Waals surface area contributed by atoms with Crippen molar-refractivity contribution in [1.29, 1.82) is 0 Å². The van der Waals surface area contributed by atoms with Gasteiger partial charge < -0.3 is 11.1 Å². The summed E-state index contributed by atoms with van der Waals surface area (Å²) in [6.07, 6.45) is 6.63. The van der Waals surface area contributed by atoms with E-state index in [1.165, 1.54) is 37.7 Å². The molecular formula is C18H30N2. The van der Waals surface area contributed by atoms with Crippen LogP contribution in [0.25, 0.3) is 0 Å². The van der Waals surface area contributed by atoms with E-state index in [-0.39, 0.29) is 0 Å². The van der Waals surface area contributed by atoms with E-state index in [4.69, 9.17) is 5.73 Å². The largest absolute Gasteiger partial charge is 0.398 e. The van der Waals surface area contributed by atoms with Gasteiger partial charge in [-0.15, -0.1) is 0 Å². The molecule has 1 aliphatic rings. The quantitative estimate of drug-likeness (QED) is 0.783. The standard InChI is InChI=1S/C18H30N2/c1-4-18(2,3)15-9-11-16(12-10-15)20-13-14-7-5-6-8-17(14)19/h5-8,15-16,20H,4,9-13,19H2,1-3H3. The van der Waals surface area contributed by atoms with Crippen LogP contribution in [-0.2, 0) is 6.54 Å². The Morgan fingerprint density at radius 3 is 2.40 bits per heavy atom. The lowest BCUT2D eigenvalue weighted by molar-refractivity contribution is 0.137. The smallest absolute Gasteiger partial charge is 0.0359 e. The third-order valence-corrected chi connectivity index (χ3v) is 5.38. The number of nitrogen functional groups attached to an aromatic ring is 1. The molecule has 3 N–H and O–H groups in total. The monoisotopic (exact) mass is 274 g/mol. The molecular weight excluding hydrogens is 244 g/mol. The van der Waals surface area contributed by atoms with E-state index in [1.807, 2.05) is 12.1 Å². The summed E-state index contributed by atoms with van der Waals surface area (Å²) in [6.45, 7) is 8.08. The Morgan fingerprint density at radius 2 is 1.80 bits per heavy atom. The van der Waals surface area contributed by atoms with Crippen molar-refractivity contribution in [2.24, 2.45) is 11.3 Å². The highest BCUT2D eigenvalue weighted by Crippen LogP contribution is 2.40. The summed E-state index contributed by atoms with van der Waals surface area (Å²) >= 11 is 0. The van der Waals surface area contributed by atoms with Gasteiger partial charge in [-0.05, 0) is 48.6 Å². The number of nitrogens with one attached hydrogen (secondary N) is 1. The Hall–Kier alpha value is -1.02. The van der Waals surface area contributed by atoms with Crippen molar-refractivity contribution < 1.29 is 0 Å². The summed E-state index contributed by atoms with van der Waals surface area (Å²) in [4.78, 5) is 0. The van der Waals surface area contributed by atoms with E-state index >= 15 is 0 Å². The van der Waals surface area contributed by atoms with Gasteiger partial charge in [0.25, 0.3) is 0 Å². The maximum Gasteiger partial charge on any atom is 0.0359 e. The van der Waals surface area contributed by atoms with Gasteiger partial charge in [-0.2, -0.15) is 0 Å². The zero-order valence-corrected chi connectivity index (χ0v) is 13.3. The molecule has 0 amide bonds. The van der Waals surface area contributed by atoms with E-state index in [2.05, 4.69) is 38.2 Å². The number of anilines is 1. The van der Waals surface area contributed by atoms with Gasteiger partial charge >= 0.3 is 0 Å². The van der Waals surface area contributed by atoms with Gasteiger partial charge in [-0.1, -0.05) is 45.4 Å². The van der Waals surface area contributed by atoms with Crippen LogP contribution in [0.4, 0.5) is 5.69 Å². The lowest BCUT2D eigenvalue weighted by atomic mass is 9.69. The second kappa shape index (κ2) is 6.62. The maximum atomic E-state index is 5.99. The van der Waals surface area contributed by atoms with Crippen molar-refractivity contribution in [3.63, 3.8) is 0 Å². The first-order chi connectivity index (χ1) is 9.53. The van der Waals surface area contributed by atoms with Crippen LogP contribution in [0, 0.1) is 11.3 Å². The molecule has 2 nitrogen and oxygen atoms in total. The van der Waals surface area contributed by atoms with Crippen LogP contribution in [0.5, 0.6) is 0 Å². The minimum atomic E-state index is 0.509. The summed E-state index contributed by atoms with van der Waals surface area (Å²) in [6, 6.07) is 8.83. The van der Waals surface area contributed by atoms with Crippen molar-refractivity contribution in [2.75, 3.05) is 5.73 Å². The van der Waals surface area contributed by atoms with Crippen molar-refractivity contribution in [3.8, 4) is 0 Å². The van der Waals surface area contributed by atoms with Gasteiger partial charge in [0.1, 0.15) is 0 Å². The molecule has 1 aromatic carbocycles. The molecule has 2 rings (SSSR count). The molecule has 1 aliphatic carbocycles. The average molecular weight is 274 g/mol. The summed E-state index contributed by atoms with van der Waals surface area (Å²) in [5.41, 5.74) is 8.63. The normalized spacial score (nSPS) is 23.8. The SMILES string of the molecule is CCC(C)(C)C1CCC(NCc2ccccc2N)CC1. The minimum Gasteiger partial charge on any atom is -0.398 e. The Morgan fingerprint density at radius 1 is 1.15 bits per heavy atom. The number of para-hydroxylation sites is 1. The minimum absolute atomic E-state index is 0.509. The van der Waals surface area contributed by atoms with Crippen LogP contribution in [0.15, 0.2) is 24.3 Å². The van der Waals surface area contributed by atoms with Gasteiger partial charge in [0.05, 0.1) is 0 Å². The Kier molecular flexibility index (Phi) is 5.09. The topological polar surface area (TPSA) is 38.0 Å². The van der Waals surface area contributed by atoms with Gasteiger partial charge in [0, 0.05) is 18.3 Å². The van der Waals surface area contributed by atoms with Crippen molar-refractivity contribution >= 4 is 5.69 Å². The third kappa shape index (κ3) is 3.76. The number of nitrogens with two attached hydrogens (primary N) is 1. The van der Waals surface area contributed by atoms with Crippen LogP contribution in [0.2, 0.25) is 0 Å². The first kappa shape index (κ1) is 15.4. The molecule has 2 heteroatoms. The highest BCUT2D eigenvalue weighted by molar-refractivity contribution is 5.46. The van der Waals surface area contributed by atoms with Crippen LogP contribution in [0.1, 0.15) is 58.4 Å². The molecule has 0 radical (unpaired) electrons. The molecule has 20 heavy (non-hydrogen) atoms. The number of benzene rings is 1. The molecule has 0 spiro atoms. The van der Waals surface area contributed by atoms with Gasteiger partial charge in [0.15, 0.2) is 0 Å². The number of rotatable bonds is 5. The lowest BCUT2D eigenvalue weighted by Gasteiger charge is -2.39. The molecule has 112 valence electrons. The molecule has 0 saturated heterocycles. The van der Waals surface area contributed by atoms with Gasteiger partial charge in [-0.25, -0.2) is 0 Å². The summed E-state index contributed by atoms with van der Waals surface area (Å²) < 4.78 is 0. The fourth-order valence-corrected chi connectivity index (χ4v) is 3.32. The predicted molar refractivity (Wildman–Crippen MR) is 87.5 cm³/mol. The van der Waals surface area contributed by atoms with Crippen molar-refractivity contribution in [3.05, 3.63) is 29.8 Å². The van der Waals surface area contributed by atoms with E-state index in [9.17, 15) is 0 Å². The summed E-state index contributed by atoms with van der Waals surface area (Å²) in [5, 5.41) is 3.69. The van der Waals surface area contributed by atoms with Crippen LogP contribution >= 0.6 is 0 Å². The molecule has 1 aromatic rings. The van der Waals surface area contributed by atoms with Crippen LogP contribution in [-0.4, -0.2) is 6.04 Å². The molecule has 0 heterocycles. The van der Waals surface area contributed by atoms with Crippen molar-refractivity contribution in [1.82, 2.24) is 5.32 Å². The Bertz CT molecular complexity index is 417. The summed E-state index contributed by atoms with van der Waals surface area (Å²) in [5.74, 6) is 0.896. The van der Waals surface area contributed by atoms with E-state index in [0.29, 0.717) is 11.5 Å². The second-order valence-electron chi connectivity index (χ2n) is 6.97. The first-order valence-corrected chi connectivity index (χ1v) is 8.09. The zero-order chi connectivity index (χ0) is 14.6. The zero-order valence-electron chi connectivity index (χ0n) is 13.3. The fourth-order valence-electron chi connectivity index (χ4n) is 3.32. The van der Waals surface area contributed by atoms with E-state index in [0.717, 1.165) is 18.2 Å². The molecule has 1 saturated carbocycles. The second-order valence-corrected chi connectivity index (χ2v) is 6.97. The highest BCUT2D eigenvalue weighted by atomic mass is 14.9. The van der Waals surface area contributed by atoms with E-state index in [1.54, 1.807) is 0 Å². The van der Waals surface area contributed by atoms with E-state index < -0.39 is 0 Å². The molecule has 0 aliphatic heterocycles. The van der Waals surface area contributed by atoms with Crippen LogP contribution in [0.3, 0.4) is 0 Å². The average Bonchev–Trinajstić information content (AvgIpc) is 2.47. The number of hydrogen-bond acceptors (Lipinski definition) is 2. The molecule has 0 unspecified atom stereocenters. The lowest BCUT2D eigenvalue weighted by Crippen LogP contribution is -2.36. The van der Waals surface area contributed by atoms with Crippen molar-refractivity contribution in [2.45, 2.75) is 65.5 Å². The summed E-state index contributed by atoms with van der Waals surface area (Å²) in [7, 11) is 0.